The monoisotopic (exact) mass is 298 g/mol. The highest BCUT2D eigenvalue weighted by atomic mass is 79.9. The van der Waals surface area contributed by atoms with E-state index in [1.807, 2.05) is 32.3 Å². The molecule has 0 aromatic heterocycles. The number of halogens is 1. The molecule has 94 valence electrons. The lowest BCUT2D eigenvalue weighted by atomic mass is 10.1. The number of nitrogen functional groups attached to an aromatic ring is 1. The zero-order valence-electron chi connectivity index (χ0n) is 10.4. The highest BCUT2D eigenvalue weighted by Crippen LogP contribution is 2.20. The van der Waals surface area contributed by atoms with E-state index in [9.17, 15) is 4.79 Å². The highest BCUT2D eigenvalue weighted by molar-refractivity contribution is 9.10. The van der Waals surface area contributed by atoms with Gasteiger partial charge < -0.3 is 10.6 Å². The summed E-state index contributed by atoms with van der Waals surface area (Å²) in [5.41, 5.74) is 7.41. The summed E-state index contributed by atoms with van der Waals surface area (Å²) in [4.78, 5) is 13.8. The number of benzene rings is 1. The molecule has 1 aromatic rings. The molecule has 4 heteroatoms. The van der Waals surface area contributed by atoms with Crippen LogP contribution in [0.4, 0.5) is 5.69 Å². The van der Waals surface area contributed by atoms with Gasteiger partial charge in [-0.3, -0.25) is 4.79 Å². The average molecular weight is 299 g/mol. The molecule has 0 bridgehead atoms. The molecule has 0 aliphatic heterocycles. The maximum atomic E-state index is 11.7. The van der Waals surface area contributed by atoms with E-state index in [2.05, 4.69) is 20.8 Å². The third kappa shape index (κ3) is 5.33. The maximum Gasteiger partial charge on any atom is 0.137 e. The fourth-order valence-electron chi connectivity index (χ4n) is 1.59. The smallest absolute Gasteiger partial charge is 0.137 e. The number of nitrogens with two attached hydrogens (primary N) is 1. The summed E-state index contributed by atoms with van der Waals surface area (Å²) in [6, 6.07) is 5.65. The van der Waals surface area contributed by atoms with Crippen LogP contribution in [0, 0.1) is 0 Å². The number of hydrogen-bond acceptors (Lipinski definition) is 3. The molecule has 0 amide bonds. The minimum absolute atomic E-state index is 0.281. The van der Waals surface area contributed by atoms with Crippen molar-refractivity contribution in [1.29, 1.82) is 0 Å². The highest BCUT2D eigenvalue weighted by Gasteiger charge is 2.05. The van der Waals surface area contributed by atoms with E-state index in [-0.39, 0.29) is 5.78 Å². The molecule has 0 heterocycles. The van der Waals surface area contributed by atoms with Crippen LogP contribution in [0.25, 0.3) is 0 Å². The molecule has 17 heavy (non-hydrogen) atoms. The van der Waals surface area contributed by atoms with E-state index in [1.54, 1.807) is 0 Å². The van der Waals surface area contributed by atoms with Gasteiger partial charge in [-0.05, 0) is 60.7 Å². The zero-order chi connectivity index (χ0) is 12.8. The Morgan fingerprint density at radius 1 is 1.41 bits per heavy atom. The van der Waals surface area contributed by atoms with Crippen molar-refractivity contribution >= 4 is 27.4 Å². The van der Waals surface area contributed by atoms with E-state index < -0.39 is 0 Å². The summed E-state index contributed by atoms with van der Waals surface area (Å²) in [7, 11) is 4.03. The van der Waals surface area contributed by atoms with E-state index >= 15 is 0 Å². The van der Waals surface area contributed by atoms with Crippen molar-refractivity contribution in [2.45, 2.75) is 19.3 Å². The Bertz CT molecular complexity index is 391. The number of hydrogen-bond donors (Lipinski definition) is 1. The average Bonchev–Trinajstić information content (AvgIpc) is 2.23. The van der Waals surface area contributed by atoms with Gasteiger partial charge in [-0.2, -0.15) is 0 Å². The summed E-state index contributed by atoms with van der Waals surface area (Å²) in [6.45, 7) is 0.956. The Hall–Kier alpha value is -0.870. The minimum Gasteiger partial charge on any atom is -0.398 e. The molecule has 0 fully saturated rings. The Balaban J connectivity index is 2.42. The van der Waals surface area contributed by atoms with Crippen LogP contribution in [0.15, 0.2) is 22.7 Å². The van der Waals surface area contributed by atoms with Crippen molar-refractivity contribution in [1.82, 2.24) is 4.90 Å². The van der Waals surface area contributed by atoms with E-state index in [4.69, 9.17) is 5.73 Å². The largest absolute Gasteiger partial charge is 0.398 e. The van der Waals surface area contributed by atoms with Gasteiger partial charge in [-0.15, -0.1) is 0 Å². The maximum absolute atomic E-state index is 11.7. The van der Waals surface area contributed by atoms with Crippen molar-refractivity contribution < 1.29 is 4.79 Å². The summed E-state index contributed by atoms with van der Waals surface area (Å²) in [5, 5.41) is 0. The normalized spacial score (nSPS) is 10.8. The lowest BCUT2D eigenvalue weighted by Gasteiger charge is -2.08. The Labute approximate surface area is 111 Å². The second-order valence-electron chi connectivity index (χ2n) is 4.48. The molecular weight excluding hydrogens is 280 g/mol. The Morgan fingerprint density at radius 2 is 2.12 bits per heavy atom. The molecule has 0 saturated heterocycles. The molecule has 0 radical (unpaired) electrons. The lowest BCUT2D eigenvalue weighted by molar-refractivity contribution is -0.118. The SMILES string of the molecule is CN(C)CCCC(=O)Cc1ccc(N)c(Br)c1. The van der Waals surface area contributed by atoms with Gasteiger partial charge in [-0.25, -0.2) is 0 Å². The van der Waals surface area contributed by atoms with Gasteiger partial charge in [0.05, 0.1) is 0 Å². The molecule has 0 aliphatic rings. The minimum atomic E-state index is 0.281. The Kier molecular flexibility index (Phi) is 5.65. The number of anilines is 1. The van der Waals surface area contributed by atoms with Gasteiger partial charge in [0.15, 0.2) is 0 Å². The first-order chi connectivity index (χ1) is 7.99. The third-order valence-electron chi connectivity index (χ3n) is 2.53. The van der Waals surface area contributed by atoms with Crippen LogP contribution in [0.2, 0.25) is 0 Å². The first-order valence-electron chi connectivity index (χ1n) is 5.69. The van der Waals surface area contributed by atoms with Crippen molar-refractivity contribution in [3.05, 3.63) is 28.2 Å². The van der Waals surface area contributed by atoms with Crippen molar-refractivity contribution in [2.24, 2.45) is 0 Å². The Morgan fingerprint density at radius 3 is 2.71 bits per heavy atom. The predicted molar refractivity (Wildman–Crippen MR) is 75.1 cm³/mol. The van der Waals surface area contributed by atoms with Crippen LogP contribution < -0.4 is 5.73 Å². The molecule has 0 unspecified atom stereocenters. The zero-order valence-corrected chi connectivity index (χ0v) is 12.0. The van der Waals surface area contributed by atoms with Crippen LogP contribution in [0.1, 0.15) is 18.4 Å². The second kappa shape index (κ2) is 6.77. The molecule has 2 N–H and O–H groups in total. The second-order valence-corrected chi connectivity index (χ2v) is 5.33. The number of ketones is 1. The molecule has 1 rings (SSSR count). The van der Waals surface area contributed by atoms with Crippen molar-refractivity contribution in [3.63, 3.8) is 0 Å². The van der Waals surface area contributed by atoms with Crippen LogP contribution in [0.3, 0.4) is 0 Å². The third-order valence-corrected chi connectivity index (χ3v) is 3.21. The van der Waals surface area contributed by atoms with Gasteiger partial charge >= 0.3 is 0 Å². The number of carbonyl (C=O) groups is 1. The quantitative estimate of drug-likeness (QED) is 0.821. The van der Waals surface area contributed by atoms with Crippen molar-refractivity contribution in [2.75, 3.05) is 26.4 Å². The molecule has 3 nitrogen and oxygen atoms in total. The standard InChI is InChI=1S/C13H19BrN2O/c1-16(2)7-3-4-11(17)8-10-5-6-13(15)12(14)9-10/h5-6,9H,3-4,7-8,15H2,1-2H3. The first kappa shape index (κ1) is 14.2. The lowest BCUT2D eigenvalue weighted by Crippen LogP contribution is -2.14. The first-order valence-corrected chi connectivity index (χ1v) is 6.48. The molecule has 0 spiro atoms. The van der Waals surface area contributed by atoms with Crippen LogP contribution in [-0.4, -0.2) is 31.3 Å². The summed E-state index contributed by atoms with van der Waals surface area (Å²) in [5.74, 6) is 0.281. The van der Waals surface area contributed by atoms with Crippen LogP contribution in [0.5, 0.6) is 0 Å². The number of rotatable bonds is 6. The van der Waals surface area contributed by atoms with Gasteiger partial charge in [0.1, 0.15) is 5.78 Å². The fourth-order valence-corrected chi connectivity index (χ4v) is 2.02. The van der Waals surface area contributed by atoms with Gasteiger partial charge in [0.25, 0.3) is 0 Å². The topological polar surface area (TPSA) is 46.3 Å². The number of Topliss-reactive ketones (excluding diaryl/α,β-unsaturated/α-hetero) is 1. The predicted octanol–water partition coefficient (Wildman–Crippen LogP) is 2.48. The van der Waals surface area contributed by atoms with Gasteiger partial charge in [0.2, 0.25) is 0 Å². The molecule has 1 aromatic carbocycles. The van der Waals surface area contributed by atoms with E-state index in [0.717, 1.165) is 23.0 Å². The summed E-state index contributed by atoms with van der Waals surface area (Å²) in [6.07, 6.45) is 2.05. The van der Waals surface area contributed by atoms with E-state index in [0.29, 0.717) is 18.5 Å². The van der Waals surface area contributed by atoms with Crippen LogP contribution >= 0.6 is 15.9 Å². The van der Waals surface area contributed by atoms with Gasteiger partial charge in [0, 0.05) is 23.0 Å². The van der Waals surface area contributed by atoms with Crippen LogP contribution in [-0.2, 0) is 11.2 Å². The molecular formula is C13H19BrN2O. The van der Waals surface area contributed by atoms with Gasteiger partial charge in [-0.1, -0.05) is 6.07 Å². The van der Waals surface area contributed by atoms with Crippen molar-refractivity contribution in [3.8, 4) is 0 Å². The summed E-state index contributed by atoms with van der Waals surface area (Å²) < 4.78 is 0.857. The summed E-state index contributed by atoms with van der Waals surface area (Å²) >= 11 is 3.36. The molecule has 0 saturated carbocycles. The van der Waals surface area contributed by atoms with E-state index in [1.165, 1.54) is 0 Å². The molecule has 0 atom stereocenters. The fraction of sp³-hybridized carbons (Fsp3) is 0.462. The number of nitrogens with zero attached hydrogens (tertiary/aromatic N) is 1. The number of carbonyl (C=O) groups excluding carboxylic acids is 1. The molecule has 0 aliphatic carbocycles.